The average molecular weight is 450 g/mol. The first kappa shape index (κ1) is 21.3. The number of carbonyl (C=O) groups excluding carboxylic acids is 2. The normalized spacial score (nSPS) is 12.8. The topological polar surface area (TPSA) is 98.7 Å². The van der Waals surface area contributed by atoms with Crippen molar-refractivity contribution in [2.75, 3.05) is 0 Å². The lowest BCUT2D eigenvalue weighted by molar-refractivity contribution is -0.198. The Labute approximate surface area is 176 Å². The molecule has 3 aromatic heterocycles. The summed E-state index contributed by atoms with van der Waals surface area (Å²) in [5.41, 5.74) is -0.143. The molecule has 0 aliphatic rings. The Balaban J connectivity index is 1.55. The number of benzene rings is 1. The molecule has 3 heterocycles. The van der Waals surface area contributed by atoms with Crippen LogP contribution in [0.25, 0.3) is 16.6 Å². The van der Waals surface area contributed by atoms with Gasteiger partial charge in [0.15, 0.2) is 17.3 Å². The van der Waals surface area contributed by atoms with E-state index in [1.165, 1.54) is 23.0 Å². The van der Waals surface area contributed by atoms with Crippen LogP contribution in [0.15, 0.2) is 47.3 Å². The van der Waals surface area contributed by atoms with Gasteiger partial charge in [0.05, 0.1) is 18.1 Å². The fourth-order valence-electron chi connectivity index (χ4n) is 2.93. The predicted molar refractivity (Wildman–Crippen MR) is 101 cm³/mol. The summed E-state index contributed by atoms with van der Waals surface area (Å²) in [6.45, 7) is 0.488. The van der Waals surface area contributed by atoms with Gasteiger partial charge in [-0.1, -0.05) is 0 Å². The number of ether oxygens (including phenoxy) is 1. The summed E-state index contributed by atoms with van der Waals surface area (Å²) < 4.78 is 63.5. The van der Waals surface area contributed by atoms with Crippen LogP contribution in [0.2, 0.25) is 0 Å². The third-order valence-corrected chi connectivity index (χ3v) is 4.59. The number of amides is 1. The molecule has 1 unspecified atom stereocenters. The maximum atomic E-state index is 14.2. The van der Waals surface area contributed by atoms with E-state index < -0.39 is 30.0 Å². The Morgan fingerprint density at radius 3 is 2.81 bits per heavy atom. The lowest BCUT2D eigenvalue weighted by Gasteiger charge is -2.16. The van der Waals surface area contributed by atoms with Crippen molar-refractivity contribution in [2.24, 2.45) is 0 Å². The first-order valence-electron chi connectivity index (χ1n) is 9.20. The lowest BCUT2D eigenvalue weighted by Crippen LogP contribution is -2.30. The quantitative estimate of drug-likeness (QED) is 0.368. The largest absolute Gasteiger partial charge is 0.458 e. The van der Waals surface area contributed by atoms with Crippen LogP contribution in [0.5, 0.6) is 0 Å². The van der Waals surface area contributed by atoms with Gasteiger partial charge in [0.1, 0.15) is 22.7 Å². The van der Waals surface area contributed by atoms with Gasteiger partial charge in [-0.2, -0.15) is 18.3 Å². The number of hydrogen-bond acceptors (Lipinski definition) is 6. The monoisotopic (exact) mass is 450 g/mol. The molecule has 4 aromatic rings. The van der Waals surface area contributed by atoms with Gasteiger partial charge in [-0.3, -0.25) is 4.79 Å². The molecular weight excluding hydrogens is 436 g/mol. The van der Waals surface area contributed by atoms with Crippen molar-refractivity contribution in [1.29, 1.82) is 0 Å². The number of esters is 1. The summed E-state index contributed by atoms with van der Waals surface area (Å²) in [4.78, 5) is 28.7. The molecule has 166 valence electrons. The molecule has 1 aromatic carbocycles. The minimum atomic E-state index is -4.75. The molecule has 0 spiro atoms. The number of nitrogens with zero attached hydrogens (tertiary/aromatic N) is 3. The highest BCUT2D eigenvalue weighted by atomic mass is 19.4. The van der Waals surface area contributed by atoms with Crippen molar-refractivity contribution in [3.8, 4) is 0 Å². The minimum Gasteiger partial charge on any atom is -0.458 e. The fourth-order valence-corrected chi connectivity index (χ4v) is 2.93. The van der Waals surface area contributed by atoms with Crippen LogP contribution in [-0.2, 0) is 11.3 Å². The molecule has 0 saturated heterocycles. The van der Waals surface area contributed by atoms with Gasteiger partial charge in [0.25, 0.3) is 5.91 Å². The number of halogens is 4. The molecular formula is C20H14F4N4O4. The number of fused-ring (bicyclic) bond motifs is 2. The highest BCUT2D eigenvalue weighted by Gasteiger charge is 2.39. The second kappa shape index (κ2) is 7.94. The molecule has 1 amide bonds. The summed E-state index contributed by atoms with van der Waals surface area (Å²) in [5, 5.41) is 6.43. The van der Waals surface area contributed by atoms with Crippen molar-refractivity contribution < 1.29 is 36.3 Å². The van der Waals surface area contributed by atoms with E-state index in [9.17, 15) is 27.2 Å². The van der Waals surface area contributed by atoms with Crippen LogP contribution in [0.4, 0.5) is 17.6 Å². The Kier molecular flexibility index (Phi) is 5.28. The summed E-state index contributed by atoms with van der Waals surface area (Å²) >= 11 is 0. The summed E-state index contributed by atoms with van der Waals surface area (Å²) in [6, 6.07) is 4.77. The van der Waals surface area contributed by atoms with E-state index in [4.69, 9.17) is 4.42 Å². The van der Waals surface area contributed by atoms with Crippen LogP contribution < -0.4 is 5.32 Å². The van der Waals surface area contributed by atoms with Crippen LogP contribution in [0, 0.1) is 5.82 Å². The second-order valence-corrected chi connectivity index (χ2v) is 6.77. The maximum absolute atomic E-state index is 14.2. The van der Waals surface area contributed by atoms with E-state index in [-0.39, 0.29) is 34.4 Å². The van der Waals surface area contributed by atoms with Crippen molar-refractivity contribution in [2.45, 2.75) is 25.7 Å². The van der Waals surface area contributed by atoms with E-state index in [1.807, 2.05) is 0 Å². The minimum absolute atomic E-state index is 0.0702. The SMILES string of the molecule is CC(OC(=O)c1ccc(F)c2cc(CNC(=O)c3cnn4cccnc34)oc12)C(F)(F)F. The van der Waals surface area contributed by atoms with Gasteiger partial charge >= 0.3 is 12.1 Å². The number of alkyl halides is 3. The van der Waals surface area contributed by atoms with Crippen molar-refractivity contribution >= 4 is 28.5 Å². The van der Waals surface area contributed by atoms with Gasteiger partial charge in [0, 0.05) is 12.4 Å². The number of hydrogen-bond donors (Lipinski definition) is 1. The molecule has 0 radical (unpaired) electrons. The second-order valence-electron chi connectivity index (χ2n) is 6.77. The Bertz CT molecular complexity index is 1330. The molecule has 1 N–H and O–H groups in total. The zero-order valence-electron chi connectivity index (χ0n) is 16.3. The average Bonchev–Trinajstić information content (AvgIpc) is 3.36. The maximum Gasteiger partial charge on any atom is 0.425 e. The number of aromatic nitrogens is 3. The predicted octanol–water partition coefficient (Wildman–Crippen LogP) is 3.65. The number of nitrogens with one attached hydrogen (secondary N) is 1. The summed E-state index contributed by atoms with van der Waals surface area (Å²) in [6.07, 6.45) is -2.67. The van der Waals surface area contributed by atoms with Gasteiger partial charge in [-0.15, -0.1) is 0 Å². The molecule has 8 nitrogen and oxygen atoms in total. The molecule has 32 heavy (non-hydrogen) atoms. The highest BCUT2D eigenvalue weighted by molar-refractivity contribution is 6.02. The summed E-state index contributed by atoms with van der Waals surface area (Å²) in [5.74, 6) is -2.53. The van der Waals surface area contributed by atoms with Crippen LogP contribution in [0.1, 0.15) is 33.4 Å². The van der Waals surface area contributed by atoms with Gasteiger partial charge < -0.3 is 14.5 Å². The van der Waals surface area contributed by atoms with Crippen molar-refractivity contribution in [1.82, 2.24) is 19.9 Å². The van der Waals surface area contributed by atoms with Crippen LogP contribution in [-0.4, -0.2) is 38.8 Å². The van der Waals surface area contributed by atoms with E-state index in [0.29, 0.717) is 12.6 Å². The Morgan fingerprint density at radius 1 is 1.28 bits per heavy atom. The van der Waals surface area contributed by atoms with E-state index in [0.717, 1.165) is 12.1 Å². The number of rotatable bonds is 5. The van der Waals surface area contributed by atoms with E-state index in [2.05, 4.69) is 20.1 Å². The molecule has 0 aliphatic carbocycles. The molecule has 0 bridgehead atoms. The summed E-state index contributed by atoms with van der Waals surface area (Å²) in [7, 11) is 0. The van der Waals surface area contributed by atoms with E-state index in [1.54, 1.807) is 12.3 Å². The fraction of sp³-hybridized carbons (Fsp3) is 0.200. The van der Waals surface area contributed by atoms with Crippen LogP contribution >= 0.6 is 0 Å². The lowest BCUT2D eigenvalue weighted by atomic mass is 10.1. The Hall–Kier alpha value is -3.96. The third kappa shape index (κ3) is 3.98. The zero-order valence-corrected chi connectivity index (χ0v) is 16.3. The standard InChI is InChI=1S/C20H14F4N4O4/c1-10(20(22,23)24)31-19(30)12-3-4-15(21)13-7-11(32-16(12)13)8-26-18(29)14-9-27-28-6-2-5-25-17(14)28/h2-7,9-10H,8H2,1H3,(H,26,29). The number of furan rings is 1. The molecule has 0 fully saturated rings. The smallest absolute Gasteiger partial charge is 0.425 e. The van der Waals surface area contributed by atoms with Gasteiger partial charge in [-0.25, -0.2) is 18.7 Å². The number of carbonyl (C=O) groups is 2. The molecule has 0 aliphatic heterocycles. The van der Waals surface area contributed by atoms with Crippen molar-refractivity contribution in [3.63, 3.8) is 0 Å². The van der Waals surface area contributed by atoms with E-state index >= 15 is 0 Å². The molecule has 1 atom stereocenters. The van der Waals surface area contributed by atoms with Gasteiger partial charge in [-0.05, 0) is 31.2 Å². The third-order valence-electron chi connectivity index (χ3n) is 4.59. The molecule has 12 heteroatoms. The Morgan fingerprint density at radius 2 is 2.06 bits per heavy atom. The first-order valence-corrected chi connectivity index (χ1v) is 9.20. The molecule has 0 saturated carbocycles. The van der Waals surface area contributed by atoms with Crippen LogP contribution in [0.3, 0.4) is 0 Å². The van der Waals surface area contributed by atoms with Crippen molar-refractivity contribution in [3.05, 3.63) is 65.6 Å². The van der Waals surface area contributed by atoms with Gasteiger partial charge in [0.2, 0.25) is 0 Å². The first-order chi connectivity index (χ1) is 15.1. The molecule has 4 rings (SSSR count). The highest BCUT2D eigenvalue weighted by Crippen LogP contribution is 2.29. The zero-order chi connectivity index (χ0) is 23.0.